The highest BCUT2D eigenvalue weighted by atomic mass is 16.6. The smallest absolute Gasteiger partial charge is 0.409 e. The Morgan fingerprint density at radius 1 is 1.50 bits per heavy atom. The minimum atomic E-state index is -0.138. The van der Waals surface area contributed by atoms with Gasteiger partial charge in [-0.25, -0.2) is 4.79 Å². The summed E-state index contributed by atoms with van der Waals surface area (Å²) >= 11 is 0. The number of rotatable bonds is 5. The third-order valence-corrected chi connectivity index (χ3v) is 3.27. The summed E-state index contributed by atoms with van der Waals surface area (Å²) in [6.07, 6.45) is 2.94. The maximum Gasteiger partial charge on any atom is 0.409 e. The van der Waals surface area contributed by atoms with E-state index < -0.39 is 0 Å². The Labute approximate surface area is 98.5 Å². The van der Waals surface area contributed by atoms with Crippen LogP contribution in [-0.4, -0.2) is 55.2 Å². The molecule has 0 aliphatic carbocycles. The zero-order valence-electron chi connectivity index (χ0n) is 10.7. The Kier molecular flexibility index (Phi) is 5.60. The molecule has 1 fully saturated rings. The number of carbonyl (C=O) groups excluding carboxylic acids is 1. The molecule has 1 aliphatic heterocycles. The Balaban J connectivity index is 2.26. The van der Waals surface area contributed by atoms with E-state index in [4.69, 9.17) is 4.74 Å². The average Bonchev–Trinajstić information content (AvgIpc) is 2.77. The molecule has 4 nitrogen and oxygen atoms in total. The lowest BCUT2D eigenvalue weighted by Gasteiger charge is -2.22. The van der Waals surface area contributed by atoms with Gasteiger partial charge in [-0.1, -0.05) is 20.3 Å². The number of amides is 1. The first-order valence-electron chi connectivity index (χ1n) is 6.31. The third kappa shape index (κ3) is 3.67. The van der Waals surface area contributed by atoms with Crippen LogP contribution in [0.2, 0.25) is 0 Å². The van der Waals surface area contributed by atoms with Crippen LogP contribution in [-0.2, 0) is 4.74 Å². The van der Waals surface area contributed by atoms with Crippen molar-refractivity contribution in [3.63, 3.8) is 0 Å². The van der Waals surface area contributed by atoms with Gasteiger partial charge in [-0.15, -0.1) is 0 Å². The van der Waals surface area contributed by atoms with Crippen molar-refractivity contribution in [3.05, 3.63) is 0 Å². The van der Waals surface area contributed by atoms with Crippen molar-refractivity contribution in [1.82, 2.24) is 9.80 Å². The molecule has 1 rings (SSSR count). The predicted octanol–water partition coefficient (Wildman–Crippen LogP) is 1.95. The monoisotopic (exact) mass is 228 g/mol. The molecule has 0 aromatic carbocycles. The SMILES string of the molecule is CCCCOC(=O)N1CC[C@@H](N(C)CC)C1. The van der Waals surface area contributed by atoms with Gasteiger partial charge in [0, 0.05) is 19.1 Å². The first-order chi connectivity index (χ1) is 7.69. The molecule has 16 heavy (non-hydrogen) atoms. The summed E-state index contributed by atoms with van der Waals surface area (Å²) in [6.45, 7) is 7.47. The van der Waals surface area contributed by atoms with Crippen LogP contribution < -0.4 is 0 Å². The summed E-state index contributed by atoms with van der Waals surface area (Å²) in [6, 6.07) is 0.503. The Morgan fingerprint density at radius 2 is 2.25 bits per heavy atom. The number of likely N-dealkylation sites (tertiary alicyclic amines) is 1. The van der Waals surface area contributed by atoms with Crippen LogP contribution in [0, 0.1) is 0 Å². The molecule has 1 atom stereocenters. The second-order valence-electron chi connectivity index (χ2n) is 4.43. The van der Waals surface area contributed by atoms with E-state index in [0.717, 1.165) is 38.9 Å². The Morgan fingerprint density at radius 3 is 2.88 bits per heavy atom. The number of ether oxygens (including phenoxy) is 1. The van der Waals surface area contributed by atoms with Crippen LogP contribution >= 0.6 is 0 Å². The number of unbranched alkanes of at least 4 members (excludes halogenated alkanes) is 1. The quantitative estimate of drug-likeness (QED) is 0.674. The second-order valence-corrected chi connectivity index (χ2v) is 4.43. The molecule has 0 spiro atoms. The predicted molar refractivity (Wildman–Crippen MR) is 64.5 cm³/mol. The highest BCUT2D eigenvalue weighted by Gasteiger charge is 2.28. The molecule has 0 unspecified atom stereocenters. The molecule has 0 radical (unpaired) electrons. The van der Waals surface area contributed by atoms with E-state index in [0.29, 0.717) is 12.6 Å². The molecule has 0 saturated carbocycles. The highest BCUT2D eigenvalue weighted by molar-refractivity contribution is 5.68. The van der Waals surface area contributed by atoms with Crippen molar-refractivity contribution < 1.29 is 9.53 Å². The van der Waals surface area contributed by atoms with E-state index in [2.05, 4.69) is 25.8 Å². The van der Waals surface area contributed by atoms with Gasteiger partial charge in [0.15, 0.2) is 0 Å². The Bertz CT molecular complexity index is 221. The van der Waals surface area contributed by atoms with E-state index >= 15 is 0 Å². The van der Waals surface area contributed by atoms with E-state index in [1.165, 1.54) is 0 Å². The molecule has 1 aliphatic rings. The Hall–Kier alpha value is -0.770. The van der Waals surface area contributed by atoms with E-state index in [1.54, 1.807) is 0 Å². The molecule has 0 aromatic heterocycles. The fourth-order valence-electron chi connectivity index (χ4n) is 1.92. The summed E-state index contributed by atoms with van der Waals surface area (Å²) in [4.78, 5) is 15.8. The molecule has 1 heterocycles. The molecule has 1 saturated heterocycles. The fourth-order valence-corrected chi connectivity index (χ4v) is 1.92. The van der Waals surface area contributed by atoms with Gasteiger partial charge in [-0.05, 0) is 26.4 Å². The van der Waals surface area contributed by atoms with Gasteiger partial charge in [0.1, 0.15) is 0 Å². The number of hydrogen-bond acceptors (Lipinski definition) is 3. The minimum Gasteiger partial charge on any atom is -0.449 e. The van der Waals surface area contributed by atoms with Crippen molar-refractivity contribution in [3.8, 4) is 0 Å². The molecule has 0 N–H and O–H groups in total. The third-order valence-electron chi connectivity index (χ3n) is 3.27. The normalized spacial score (nSPS) is 20.5. The molecule has 94 valence electrons. The molecule has 1 amide bonds. The number of hydrogen-bond donors (Lipinski definition) is 0. The molecular weight excluding hydrogens is 204 g/mol. The fraction of sp³-hybridized carbons (Fsp3) is 0.917. The average molecular weight is 228 g/mol. The summed E-state index contributed by atoms with van der Waals surface area (Å²) in [5.41, 5.74) is 0. The van der Waals surface area contributed by atoms with Crippen LogP contribution in [0.1, 0.15) is 33.1 Å². The second kappa shape index (κ2) is 6.74. The number of likely N-dealkylation sites (N-methyl/N-ethyl adjacent to an activating group) is 1. The van der Waals surface area contributed by atoms with E-state index in [1.807, 2.05) is 4.90 Å². The topological polar surface area (TPSA) is 32.8 Å². The van der Waals surface area contributed by atoms with Gasteiger partial charge < -0.3 is 14.5 Å². The van der Waals surface area contributed by atoms with Crippen LogP contribution in [0.15, 0.2) is 0 Å². The van der Waals surface area contributed by atoms with Crippen LogP contribution in [0.3, 0.4) is 0 Å². The minimum absolute atomic E-state index is 0.138. The van der Waals surface area contributed by atoms with E-state index in [9.17, 15) is 4.79 Å². The number of nitrogens with zero attached hydrogens (tertiary/aromatic N) is 2. The standard InChI is InChI=1S/C12H24N2O2/c1-4-6-9-16-12(15)14-8-7-11(10-14)13(3)5-2/h11H,4-10H2,1-3H3/t11-/m1/s1. The first-order valence-corrected chi connectivity index (χ1v) is 6.31. The molecule has 0 aromatic rings. The van der Waals surface area contributed by atoms with Crippen molar-refractivity contribution >= 4 is 6.09 Å². The van der Waals surface area contributed by atoms with Crippen molar-refractivity contribution in [1.29, 1.82) is 0 Å². The largest absolute Gasteiger partial charge is 0.449 e. The van der Waals surface area contributed by atoms with Crippen molar-refractivity contribution in [2.45, 2.75) is 39.2 Å². The van der Waals surface area contributed by atoms with Gasteiger partial charge in [-0.3, -0.25) is 0 Å². The molecule has 0 bridgehead atoms. The maximum absolute atomic E-state index is 11.7. The van der Waals surface area contributed by atoms with Gasteiger partial charge in [0.25, 0.3) is 0 Å². The van der Waals surface area contributed by atoms with Gasteiger partial charge in [0.05, 0.1) is 6.61 Å². The zero-order chi connectivity index (χ0) is 12.0. The lowest BCUT2D eigenvalue weighted by Crippen LogP contribution is -2.36. The van der Waals surface area contributed by atoms with Crippen LogP contribution in [0.5, 0.6) is 0 Å². The van der Waals surface area contributed by atoms with Crippen molar-refractivity contribution in [2.75, 3.05) is 33.3 Å². The molecule has 4 heteroatoms. The van der Waals surface area contributed by atoms with Crippen LogP contribution in [0.4, 0.5) is 4.79 Å². The summed E-state index contributed by atoms with van der Waals surface area (Å²) < 4.78 is 5.20. The van der Waals surface area contributed by atoms with E-state index in [-0.39, 0.29) is 6.09 Å². The van der Waals surface area contributed by atoms with Crippen LogP contribution in [0.25, 0.3) is 0 Å². The number of carbonyl (C=O) groups is 1. The summed E-state index contributed by atoms with van der Waals surface area (Å²) in [5.74, 6) is 0. The highest BCUT2D eigenvalue weighted by Crippen LogP contribution is 2.15. The summed E-state index contributed by atoms with van der Waals surface area (Å²) in [7, 11) is 2.11. The van der Waals surface area contributed by atoms with Gasteiger partial charge >= 0.3 is 6.09 Å². The first kappa shape index (κ1) is 13.3. The maximum atomic E-state index is 11.7. The van der Waals surface area contributed by atoms with Gasteiger partial charge in [0.2, 0.25) is 0 Å². The lowest BCUT2D eigenvalue weighted by atomic mass is 10.2. The zero-order valence-corrected chi connectivity index (χ0v) is 10.7. The van der Waals surface area contributed by atoms with Gasteiger partial charge in [-0.2, -0.15) is 0 Å². The lowest BCUT2D eigenvalue weighted by molar-refractivity contribution is 0.106. The van der Waals surface area contributed by atoms with Crippen molar-refractivity contribution in [2.24, 2.45) is 0 Å². The summed E-state index contributed by atoms with van der Waals surface area (Å²) in [5, 5.41) is 0. The molecular formula is C12H24N2O2.